The number of carboxylic acid groups (broad SMARTS) is 1. The molecule has 3 heteroatoms. The predicted molar refractivity (Wildman–Crippen MR) is 65.5 cm³/mol. The molecule has 0 saturated heterocycles. The van der Waals surface area contributed by atoms with Crippen molar-refractivity contribution in [1.29, 1.82) is 0 Å². The Balaban J connectivity index is 2.33. The van der Waals surface area contributed by atoms with E-state index >= 15 is 0 Å². The molecule has 16 heavy (non-hydrogen) atoms. The van der Waals surface area contributed by atoms with E-state index in [1.165, 1.54) is 32.1 Å². The molecule has 0 unspecified atom stereocenters. The van der Waals surface area contributed by atoms with Crippen molar-refractivity contribution in [3.8, 4) is 0 Å². The number of nitrogens with one attached hydrogen (secondary N) is 1. The molecular formula is C13H25NO2. The SMILES string of the molecule is CC[C@H](C)[C@H](NCC1CCCCC1)C(=O)O. The van der Waals surface area contributed by atoms with Gasteiger partial charge in [-0.1, -0.05) is 39.5 Å². The molecule has 1 saturated carbocycles. The van der Waals surface area contributed by atoms with Crippen molar-refractivity contribution in [2.45, 2.75) is 58.4 Å². The molecular weight excluding hydrogens is 202 g/mol. The zero-order valence-electron chi connectivity index (χ0n) is 10.5. The van der Waals surface area contributed by atoms with Crippen LogP contribution in [-0.2, 0) is 4.79 Å². The van der Waals surface area contributed by atoms with Crippen molar-refractivity contribution in [2.75, 3.05) is 6.54 Å². The van der Waals surface area contributed by atoms with Gasteiger partial charge >= 0.3 is 5.97 Å². The number of hydrogen-bond donors (Lipinski definition) is 2. The molecule has 0 aromatic carbocycles. The predicted octanol–water partition coefficient (Wildman–Crippen LogP) is 2.66. The second kappa shape index (κ2) is 6.89. The number of rotatable bonds is 6. The number of aliphatic carboxylic acids is 1. The quantitative estimate of drug-likeness (QED) is 0.733. The van der Waals surface area contributed by atoms with Crippen LogP contribution in [0, 0.1) is 11.8 Å². The summed E-state index contributed by atoms with van der Waals surface area (Å²) in [5.41, 5.74) is 0. The molecule has 2 N–H and O–H groups in total. The highest BCUT2D eigenvalue weighted by Crippen LogP contribution is 2.23. The van der Waals surface area contributed by atoms with E-state index in [4.69, 9.17) is 5.11 Å². The van der Waals surface area contributed by atoms with Gasteiger partial charge in [-0.15, -0.1) is 0 Å². The Morgan fingerprint density at radius 2 is 2.00 bits per heavy atom. The fourth-order valence-corrected chi connectivity index (χ4v) is 2.45. The van der Waals surface area contributed by atoms with E-state index in [9.17, 15) is 4.79 Å². The molecule has 3 nitrogen and oxygen atoms in total. The molecule has 0 radical (unpaired) electrons. The fraction of sp³-hybridized carbons (Fsp3) is 0.923. The summed E-state index contributed by atoms with van der Waals surface area (Å²) in [4.78, 5) is 11.1. The van der Waals surface area contributed by atoms with Gasteiger partial charge in [-0.3, -0.25) is 4.79 Å². The molecule has 2 atom stereocenters. The van der Waals surface area contributed by atoms with Gasteiger partial charge in [-0.25, -0.2) is 0 Å². The van der Waals surface area contributed by atoms with E-state index in [0.29, 0.717) is 5.92 Å². The minimum atomic E-state index is -0.704. The molecule has 1 aliphatic rings. The van der Waals surface area contributed by atoms with Gasteiger partial charge in [0, 0.05) is 0 Å². The lowest BCUT2D eigenvalue weighted by atomic mass is 9.88. The molecule has 0 spiro atoms. The monoisotopic (exact) mass is 227 g/mol. The van der Waals surface area contributed by atoms with Crippen LogP contribution in [0.15, 0.2) is 0 Å². The first-order chi connectivity index (χ1) is 7.65. The summed E-state index contributed by atoms with van der Waals surface area (Å²) in [6.07, 6.45) is 7.42. The molecule has 94 valence electrons. The van der Waals surface area contributed by atoms with Gasteiger partial charge in [0.05, 0.1) is 0 Å². The van der Waals surface area contributed by atoms with Crippen LogP contribution in [0.3, 0.4) is 0 Å². The van der Waals surface area contributed by atoms with E-state index in [-0.39, 0.29) is 12.0 Å². The van der Waals surface area contributed by atoms with Crippen LogP contribution >= 0.6 is 0 Å². The minimum Gasteiger partial charge on any atom is -0.480 e. The fourth-order valence-electron chi connectivity index (χ4n) is 2.45. The Bertz CT molecular complexity index is 212. The summed E-state index contributed by atoms with van der Waals surface area (Å²) in [7, 11) is 0. The average molecular weight is 227 g/mol. The van der Waals surface area contributed by atoms with Crippen LogP contribution < -0.4 is 5.32 Å². The van der Waals surface area contributed by atoms with Crippen LogP contribution in [-0.4, -0.2) is 23.7 Å². The Morgan fingerprint density at radius 3 is 2.50 bits per heavy atom. The van der Waals surface area contributed by atoms with Crippen LogP contribution in [0.5, 0.6) is 0 Å². The Kier molecular flexibility index (Phi) is 5.81. The molecule has 1 rings (SSSR count). The van der Waals surface area contributed by atoms with Crippen molar-refractivity contribution in [3.05, 3.63) is 0 Å². The summed E-state index contributed by atoms with van der Waals surface area (Å²) in [6.45, 7) is 4.93. The highest BCUT2D eigenvalue weighted by atomic mass is 16.4. The third-order valence-corrected chi connectivity index (χ3v) is 3.83. The van der Waals surface area contributed by atoms with E-state index in [0.717, 1.165) is 13.0 Å². The van der Waals surface area contributed by atoms with Crippen LogP contribution in [0.2, 0.25) is 0 Å². The topological polar surface area (TPSA) is 49.3 Å². The molecule has 0 aromatic heterocycles. The van der Waals surface area contributed by atoms with Gasteiger partial charge in [0.15, 0.2) is 0 Å². The zero-order valence-corrected chi connectivity index (χ0v) is 10.5. The molecule has 1 fully saturated rings. The lowest BCUT2D eigenvalue weighted by Crippen LogP contribution is -2.44. The largest absolute Gasteiger partial charge is 0.480 e. The molecule has 0 aromatic rings. The summed E-state index contributed by atoms with van der Waals surface area (Å²) in [5, 5.41) is 12.4. The third kappa shape index (κ3) is 4.12. The van der Waals surface area contributed by atoms with E-state index < -0.39 is 5.97 Å². The van der Waals surface area contributed by atoms with Crippen LogP contribution in [0.4, 0.5) is 0 Å². The average Bonchev–Trinajstić information content (AvgIpc) is 2.30. The summed E-state index contributed by atoms with van der Waals surface area (Å²) in [5.74, 6) is 0.200. The second-order valence-corrected chi connectivity index (χ2v) is 5.11. The minimum absolute atomic E-state index is 0.209. The Hall–Kier alpha value is -0.570. The smallest absolute Gasteiger partial charge is 0.320 e. The van der Waals surface area contributed by atoms with E-state index in [1.807, 2.05) is 13.8 Å². The van der Waals surface area contributed by atoms with Gasteiger partial charge in [0.1, 0.15) is 6.04 Å². The lowest BCUT2D eigenvalue weighted by molar-refractivity contribution is -0.140. The first-order valence-electron chi connectivity index (χ1n) is 6.61. The maximum Gasteiger partial charge on any atom is 0.320 e. The second-order valence-electron chi connectivity index (χ2n) is 5.11. The number of carbonyl (C=O) groups is 1. The van der Waals surface area contributed by atoms with Crippen LogP contribution in [0.1, 0.15) is 52.4 Å². The normalized spacial score (nSPS) is 21.6. The van der Waals surface area contributed by atoms with Gasteiger partial charge in [0.2, 0.25) is 0 Å². The standard InChI is InChI=1S/C13H25NO2/c1-3-10(2)12(13(15)16)14-9-11-7-5-4-6-8-11/h10-12,14H,3-9H2,1-2H3,(H,15,16)/t10-,12-/m0/s1. The first-order valence-corrected chi connectivity index (χ1v) is 6.61. The zero-order chi connectivity index (χ0) is 12.0. The lowest BCUT2D eigenvalue weighted by Gasteiger charge is -2.26. The Morgan fingerprint density at radius 1 is 1.38 bits per heavy atom. The van der Waals surface area contributed by atoms with E-state index in [1.54, 1.807) is 0 Å². The molecule has 0 aliphatic heterocycles. The van der Waals surface area contributed by atoms with Gasteiger partial charge in [-0.2, -0.15) is 0 Å². The summed E-state index contributed by atoms with van der Waals surface area (Å²) in [6, 6.07) is -0.369. The number of hydrogen-bond acceptors (Lipinski definition) is 2. The highest BCUT2D eigenvalue weighted by molar-refractivity contribution is 5.73. The van der Waals surface area contributed by atoms with Gasteiger partial charge < -0.3 is 10.4 Å². The van der Waals surface area contributed by atoms with Crippen molar-refractivity contribution in [2.24, 2.45) is 11.8 Å². The number of carboxylic acids is 1. The Labute approximate surface area is 98.6 Å². The van der Waals surface area contributed by atoms with Crippen molar-refractivity contribution in [3.63, 3.8) is 0 Å². The molecule has 0 amide bonds. The summed E-state index contributed by atoms with van der Waals surface area (Å²) >= 11 is 0. The van der Waals surface area contributed by atoms with Gasteiger partial charge in [-0.05, 0) is 31.2 Å². The van der Waals surface area contributed by atoms with Crippen molar-refractivity contribution < 1.29 is 9.90 Å². The maximum absolute atomic E-state index is 11.1. The van der Waals surface area contributed by atoms with Crippen LogP contribution in [0.25, 0.3) is 0 Å². The van der Waals surface area contributed by atoms with Crippen molar-refractivity contribution in [1.82, 2.24) is 5.32 Å². The molecule has 0 bridgehead atoms. The third-order valence-electron chi connectivity index (χ3n) is 3.83. The molecule has 0 heterocycles. The highest BCUT2D eigenvalue weighted by Gasteiger charge is 2.24. The van der Waals surface area contributed by atoms with Gasteiger partial charge in [0.25, 0.3) is 0 Å². The maximum atomic E-state index is 11.1. The summed E-state index contributed by atoms with van der Waals surface area (Å²) < 4.78 is 0. The first kappa shape index (κ1) is 13.5. The van der Waals surface area contributed by atoms with E-state index in [2.05, 4.69) is 5.32 Å². The van der Waals surface area contributed by atoms with Crippen molar-refractivity contribution >= 4 is 5.97 Å². The molecule has 1 aliphatic carbocycles.